The Hall–Kier alpha value is -2.71. The van der Waals surface area contributed by atoms with E-state index in [1.807, 2.05) is 84.6 Å². The second-order valence-corrected chi connectivity index (χ2v) is 9.66. The summed E-state index contributed by atoms with van der Waals surface area (Å²) in [6.07, 6.45) is 8.76. The van der Waals surface area contributed by atoms with E-state index >= 15 is 0 Å². The van der Waals surface area contributed by atoms with Gasteiger partial charge in [0, 0.05) is 10.0 Å². The summed E-state index contributed by atoms with van der Waals surface area (Å²) in [4.78, 5) is 0. The van der Waals surface area contributed by atoms with Crippen molar-refractivity contribution in [1.82, 2.24) is 0 Å². The third-order valence-electron chi connectivity index (χ3n) is 5.24. The quantitative estimate of drug-likeness (QED) is 0.238. The molecule has 2 unspecified atom stereocenters. The summed E-state index contributed by atoms with van der Waals surface area (Å²) in [5.74, 6) is 0. The van der Waals surface area contributed by atoms with Crippen LogP contribution in [-0.2, 0) is 0 Å². The zero-order valence-electron chi connectivity index (χ0n) is 18.0. The molecule has 3 heteroatoms. The standard InChI is InChI=1S/C30H24Cl2S/c31-27-17-9-7-15-25(27)29(21-19-23-11-3-1-4-12-23)33-30(26-16-8-10-18-28(26)32)22-20-24-13-5-2-6-14-24/h1-22,29-30H/b21-19-,22-20-. The van der Waals surface area contributed by atoms with Gasteiger partial charge >= 0.3 is 0 Å². The minimum Gasteiger partial charge on any atom is -0.137 e. The predicted molar refractivity (Wildman–Crippen MR) is 147 cm³/mol. The zero-order chi connectivity index (χ0) is 22.9. The Bertz CT molecular complexity index is 1120. The molecule has 2 atom stereocenters. The van der Waals surface area contributed by atoms with Crippen molar-refractivity contribution in [1.29, 1.82) is 0 Å². The molecule has 0 spiro atoms. The van der Waals surface area contributed by atoms with Gasteiger partial charge in [-0.15, -0.1) is 11.8 Å². The van der Waals surface area contributed by atoms with E-state index in [0.29, 0.717) is 0 Å². The molecule has 0 bridgehead atoms. The molecule has 0 amide bonds. The van der Waals surface area contributed by atoms with Crippen molar-refractivity contribution in [3.05, 3.63) is 154 Å². The van der Waals surface area contributed by atoms with Crippen LogP contribution in [0.1, 0.15) is 32.8 Å². The van der Waals surface area contributed by atoms with Gasteiger partial charge in [-0.05, 0) is 34.4 Å². The van der Waals surface area contributed by atoms with Gasteiger partial charge in [-0.1, -0.05) is 145 Å². The Kier molecular flexibility index (Phi) is 8.49. The first-order valence-corrected chi connectivity index (χ1v) is 12.5. The summed E-state index contributed by atoms with van der Waals surface area (Å²) in [5.41, 5.74) is 4.48. The number of benzene rings is 4. The Morgan fingerprint density at radius 3 is 1.24 bits per heavy atom. The van der Waals surface area contributed by atoms with E-state index in [-0.39, 0.29) is 10.5 Å². The van der Waals surface area contributed by atoms with Gasteiger partial charge in [0.1, 0.15) is 0 Å². The molecule has 4 rings (SSSR count). The molecule has 0 saturated carbocycles. The Labute approximate surface area is 210 Å². The van der Waals surface area contributed by atoms with Crippen LogP contribution >= 0.6 is 35.0 Å². The van der Waals surface area contributed by atoms with Crippen molar-refractivity contribution in [3.63, 3.8) is 0 Å². The third kappa shape index (κ3) is 6.65. The Morgan fingerprint density at radius 1 is 0.485 bits per heavy atom. The highest BCUT2D eigenvalue weighted by molar-refractivity contribution is 8.00. The summed E-state index contributed by atoms with van der Waals surface area (Å²) in [5, 5.41) is 1.61. The number of hydrogen-bond acceptors (Lipinski definition) is 1. The Morgan fingerprint density at radius 2 is 0.848 bits per heavy atom. The maximum absolute atomic E-state index is 6.64. The van der Waals surface area contributed by atoms with E-state index in [1.165, 1.54) is 0 Å². The first-order valence-electron chi connectivity index (χ1n) is 10.8. The number of hydrogen-bond donors (Lipinski definition) is 0. The minimum atomic E-state index is 0.0422. The van der Waals surface area contributed by atoms with Crippen LogP contribution in [0.3, 0.4) is 0 Å². The van der Waals surface area contributed by atoms with Crippen molar-refractivity contribution in [2.75, 3.05) is 0 Å². The molecule has 0 heterocycles. The van der Waals surface area contributed by atoms with E-state index in [9.17, 15) is 0 Å². The van der Waals surface area contributed by atoms with Crippen molar-refractivity contribution in [2.45, 2.75) is 10.5 Å². The molecule has 164 valence electrons. The minimum absolute atomic E-state index is 0.0422. The first kappa shape index (κ1) is 23.4. The molecule has 4 aromatic carbocycles. The van der Waals surface area contributed by atoms with Gasteiger partial charge in [-0.25, -0.2) is 0 Å². The molecule has 0 radical (unpaired) electrons. The molecule has 0 saturated heterocycles. The SMILES string of the molecule is Clc1ccccc1C(/C=C\c1ccccc1)SC(/C=C\c1ccccc1)c1ccccc1Cl. The largest absolute Gasteiger partial charge is 0.137 e. The molecule has 0 nitrogen and oxygen atoms in total. The summed E-state index contributed by atoms with van der Waals surface area (Å²) in [7, 11) is 0. The van der Waals surface area contributed by atoms with E-state index in [0.717, 1.165) is 32.3 Å². The summed E-state index contributed by atoms with van der Waals surface area (Å²) in [6, 6.07) is 36.8. The van der Waals surface area contributed by atoms with E-state index in [2.05, 4.69) is 60.7 Å². The molecular weight excluding hydrogens is 463 g/mol. The van der Waals surface area contributed by atoms with Crippen molar-refractivity contribution < 1.29 is 0 Å². The number of halogens is 2. The highest BCUT2D eigenvalue weighted by atomic mass is 35.5. The molecule has 33 heavy (non-hydrogen) atoms. The smallest absolute Gasteiger partial charge is 0.0504 e. The highest BCUT2D eigenvalue weighted by Gasteiger charge is 2.20. The number of rotatable bonds is 8. The lowest BCUT2D eigenvalue weighted by molar-refractivity contribution is 1.17. The second kappa shape index (κ2) is 12.0. The lowest BCUT2D eigenvalue weighted by Crippen LogP contribution is -1.98. The van der Waals surface area contributed by atoms with Crippen LogP contribution in [-0.4, -0.2) is 0 Å². The molecule has 0 N–H and O–H groups in total. The maximum Gasteiger partial charge on any atom is 0.0504 e. The molecule has 4 aromatic rings. The van der Waals surface area contributed by atoms with Crippen molar-refractivity contribution in [3.8, 4) is 0 Å². The van der Waals surface area contributed by atoms with Gasteiger partial charge in [0.15, 0.2) is 0 Å². The molecule has 0 aliphatic carbocycles. The zero-order valence-corrected chi connectivity index (χ0v) is 20.3. The fraction of sp³-hybridized carbons (Fsp3) is 0.0667. The topological polar surface area (TPSA) is 0 Å². The molecule has 0 aliphatic rings. The third-order valence-corrected chi connectivity index (χ3v) is 7.34. The lowest BCUT2D eigenvalue weighted by atomic mass is 10.1. The fourth-order valence-electron chi connectivity index (χ4n) is 3.54. The fourth-order valence-corrected chi connectivity index (χ4v) is 5.53. The number of thioether (sulfide) groups is 1. The first-order chi connectivity index (χ1) is 16.2. The summed E-state index contributed by atoms with van der Waals surface area (Å²) >= 11 is 15.1. The van der Waals surface area contributed by atoms with Crippen LogP contribution in [0.4, 0.5) is 0 Å². The predicted octanol–water partition coefficient (Wildman–Crippen LogP) is 9.94. The second-order valence-electron chi connectivity index (χ2n) is 7.56. The van der Waals surface area contributed by atoms with Crippen LogP contribution in [0, 0.1) is 0 Å². The highest BCUT2D eigenvalue weighted by Crippen LogP contribution is 2.46. The molecule has 0 aromatic heterocycles. The van der Waals surface area contributed by atoms with Crippen LogP contribution in [0.2, 0.25) is 10.0 Å². The van der Waals surface area contributed by atoms with Gasteiger partial charge in [0.25, 0.3) is 0 Å². The van der Waals surface area contributed by atoms with E-state index in [1.54, 1.807) is 0 Å². The summed E-state index contributed by atoms with van der Waals surface area (Å²) < 4.78 is 0. The van der Waals surface area contributed by atoms with Gasteiger partial charge in [0.2, 0.25) is 0 Å². The van der Waals surface area contributed by atoms with Gasteiger partial charge in [-0.3, -0.25) is 0 Å². The van der Waals surface area contributed by atoms with Crippen LogP contribution in [0.5, 0.6) is 0 Å². The monoisotopic (exact) mass is 486 g/mol. The van der Waals surface area contributed by atoms with E-state index in [4.69, 9.17) is 23.2 Å². The average Bonchev–Trinajstić information content (AvgIpc) is 2.86. The summed E-state index contributed by atoms with van der Waals surface area (Å²) in [6.45, 7) is 0. The van der Waals surface area contributed by atoms with Gasteiger partial charge < -0.3 is 0 Å². The molecular formula is C30H24Cl2S. The van der Waals surface area contributed by atoms with Crippen molar-refractivity contribution >= 4 is 47.1 Å². The Balaban J connectivity index is 1.71. The van der Waals surface area contributed by atoms with Crippen molar-refractivity contribution in [2.24, 2.45) is 0 Å². The maximum atomic E-state index is 6.64. The van der Waals surface area contributed by atoms with Gasteiger partial charge in [0.05, 0.1) is 10.5 Å². The molecule has 0 fully saturated rings. The van der Waals surface area contributed by atoms with E-state index < -0.39 is 0 Å². The molecule has 0 aliphatic heterocycles. The van der Waals surface area contributed by atoms with Crippen LogP contribution < -0.4 is 0 Å². The van der Waals surface area contributed by atoms with Gasteiger partial charge in [-0.2, -0.15) is 0 Å². The normalized spacial score (nSPS) is 13.4. The van der Waals surface area contributed by atoms with Crippen LogP contribution in [0.25, 0.3) is 12.2 Å². The van der Waals surface area contributed by atoms with Crippen LogP contribution in [0.15, 0.2) is 121 Å². The lowest BCUT2D eigenvalue weighted by Gasteiger charge is -2.22. The average molecular weight is 487 g/mol.